The SMILES string of the molecule is CN(C)CCOc1nc2cc(Br)c(F)cc2n(CC2CN(C(=O)O)C2)c1=O. The molecule has 1 aliphatic rings. The summed E-state index contributed by atoms with van der Waals surface area (Å²) in [5, 5.41) is 8.97. The van der Waals surface area contributed by atoms with Crippen LogP contribution in [0.5, 0.6) is 5.88 Å². The highest BCUT2D eigenvalue weighted by molar-refractivity contribution is 9.10. The lowest BCUT2D eigenvalue weighted by Gasteiger charge is -2.37. The van der Waals surface area contributed by atoms with E-state index in [1.807, 2.05) is 19.0 Å². The van der Waals surface area contributed by atoms with E-state index in [0.717, 1.165) is 0 Å². The molecule has 2 heterocycles. The van der Waals surface area contributed by atoms with Gasteiger partial charge in [-0.15, -0.1) is 0 Å². The molecule has 146 valence electrons. The molecule has 1 aromatic carbocycles. The molecule has 0 saturated carbocycles. The number of likely N-dealkylation sites (N-methyl/N-ethyl adjacent to an activating group) is 1. The minimum absolute atomic E-state index is 0.0225. The summed E-state index contributed by atoms with van der Waals surface area (Å²) in [7, 11) is 3.78. The predicted molar refractivity (Wildman–Crippen MR) is 101 cm³/mol. The molecule has 1 aliphatic heterocycles. The van der Waals surface area contributed by atoms with Crippen LogP contribution in [0.2, 0.25) is 0 Å². The summed E-state index contributed by atoms with van der Waals surface area (Å²) in [4.78, 5) is 31.2. The fourth-order valence-corrected chi connectivity index (χ4v) is 3.24. The van der Waals surface area contributed by atoms with Crippen LogP contribution in [0.25, 0.3) is 11.0 Å². The lowest BCUT2D eigenvalue weighted by molar-refractivity contribution is 0.0747. The van der Waals surface area contributed by atoms with Crippen LogP contribution in [0.15, 0.2) is 21.4 Å². The second-order valence-electron chi connectivity index (χ2n) is 6.79. The Morgan fingerprint density at radius 2 is 2.15 bits per heavy atom. The third-order valence-corrected chi connectivity index (χ3v) is 5.01. The minimum Gasteiger partial charge on any atom is -0.472 e. The monoisotopic (exact) mass is 442 g/mol. The molecule has 0 atom stereocenters. The smallest absolute Gasteiger partial charge is 0.407 e. The van der Waals surface area contributed by atoms with Crippen molar-refractivity contribution in [2.24, 2.45) is 5.92 Å². The zero-order chi connectivity index (χ0) is 19.7. The molecule has 27 heavy (non-hydrogen) atoms. The molecule has 1 amide bonds. The summed E-state index contributed by atoms with van der Waals surface area (Å²) in [5.74, 6) is -0.567. The Hall–Kier alpha value is -2.20. The number of benzene rings is 1. The number of nitrogens with zero attached hydrogens (tertiary/aromatic N) is 4. The molecular weight excluding hydrogens is 423 g/mol. The molecule has 1 aromatic heterocycles. The van der Waals surface area contributed by atoms with Crippen molar-refractivity contribution in [2.45, 2.75) is 6.54 Å². The maximum absolute atomic E-state index is 14.0. The molecule has 0 bridgehead atoms. The van der Waals surface area contributed by atoms with Crippen LogP contribution in [-0.2, 0) is 6.54 Å². The van der Waals surface area contributed by atoms with Gasteiger partial charge in [0.15, 0.2) is 0 Å². The van der Waals surface area contributed by atoms with Crippen LogP contribution in [0, 0.1) is 11.7 Å². The number of aromatic nitrogens is 2. The van der Waals surface area contributed by atoms with Crippen molar-refractivity contribution < 1.29 is 19.0 Å². The summed E-state index contributed by atoms with van der Waals surface area (Å²) >= 11 is 3.13. The van der Waals surface area contributed by atoms with E-state index in [4.69, 9.17) is 9.84 Å². The van der Waals surface area contributed by atoms with Gasteiger partial charge in [0.25, 0.3) is 5.88 Å². The minimum atomic E-state index is -0.985. The van der Waals surface area contributed by atoms with Crippen molar-refractivity contribution in [1.82, 2.24) is 19.4 Å². The standard InChI is InChI=1S/C17H20BrFN4O4/c1-21(2)3-4-27-15-16(24)23(9-10-7-22(8-10)17(25)26)14-6-12(19)11(18)5-13(14)20-15/h5-6,10H,3-4,7-9H2,1-2H3,(H,25,26). The largest absolute Gasteiger partial charge is 0.472 e. The quantitative estimate of drug-likeness (QED) is 0.734. The zero-order valence-corrected chi connectivity index (χ0v) is 16.6. The van der Waals surface area contributed by atoms with Gasteiger partial charge >= 0.3 is 11.7 Å². The second-order valence-corrected chi connectivity index (χ2v) is 7.65. The van der Waals surface area contributed by atoms with E-state index in [0.29, 0.717) is 37.3 Å². The maximum Gasteiger partial charge on any atom is 0.407 e. The van der Waals surface area contributed by atoms with E-state index in [1.54, 1.807) is 0 Å². The van der Waals surface area contributed by atoms with Crippen molar-refractivity contribution in [1.29, 1.82) is 0 Å². The van der Waals surface area contributed by atoms with Crippen LogP contribution < -0.4 is 10.3 Å². The Morgan fingerprint density at radius 1 is 1.44 bits per heavy atom. The average Bonchev–Trinajstić information content (AvgIpc) is 2.54. The highest BCUT2D eigenvalue weighted by Crippen LogP contribution is 2.25. The van der Waals surface area contributed by atoms with Crippen molar-refractivity contribution in [2.75, 3.05) is 40.3 Å². The molecule has 10 heteroatoms. The van der Waals surface area contributed by atoms with Gasteiger partial charge in [-0.3, -0.25) is 4.79 Å². The lowest BCUT2D eigenvalue weighted by Crippen LogP contribution is -2.51. The Labute approximate surface area is 163 Å². The van der Waals surface area contributed by atoms with Gasteiger partial charge in [0.05, 0.1) is 15.5 Å². The third-order valence-electron chi connectivity index (χ3n) is 4.40. The summed E-state index contributed by atoms with van der Waals surface area (Å²) in [6.45, 7) is 1.84. The molecule has 1 saturated heterocycles. The molecule has 2 aromatic rings. The van der Waals surface area contributed by atoms with Gasteiger partial charge in [0.1, 0.15) is 12.4 Å². The number of fused-ring (bicyclic) bond motifs is 1. The number of carboxylic acid groups (broad SMARTS) is 1. The van der Waals surface area contributed by atoms with E-state index in [-0.39, 0.29) is 22.8 Å². The molecule has 1 N–H and O–H groups in total. The van der Waals surface area contributed by atoms with E-state index < -0.39 is 17.5 Å². The summed E-state index contributed by atoms with van der Waals surface area (Å²) in [6.07, 6.45) is -0.985. The first kappa shape index (κ1) is 19.6. The molecule has 0 radical (unpaired) electrons. The number of amides is 1. The van der Waals surface area contributed by atoms with Gasteiger partial charge in [-0.1, -0.05) is 0 Å². The first-order valence-electron chi connectivity index (χ1n) is 8.41. The molecule has 0 unspecified atom stereocenters. The van der Waals surface area contributed by atoms with Crippen molar-refractivity contribution in [3.8, 4) is 5.88 Å². The van der Waals surface area contributed by atoms with Crippen LogP contribution >= 0.6 is 15.9 Å². The number of hydrogen-bond acceptors (Lipinski definition) is 5. The second kappa shape index (κ2) is 7.81. The molecule has 1 fully saturated rings. The van der Waals surface area contributed by atoms with Gasteiger partial charge in [-0.05, 0) is 36.1 Å². The Bertz CT molecular complexity index is 927. The number of rotatable bonds is 6. The number of ether oxygens (including phenoxy) is 1. The number of halogens is 2. The summed E-state index contributed by atoms with van der Waals surface area (Å²) in [6, 6.07) is 2.76. The third kappa shape index (κ3) is 4.22. The van der Waals surface area contributed by atoms with E-state index in [9.17, 15) is 14.0 Å². The summed E-state index contributed by atoms with van der Waals surface area (Å²) in [5.41, 5.74) is 0.336. The van der Waals surface area contributed by atoms with Gasteiger partial charge in [-0.2, -0.15) is 0 Å². The number of hydrogen-bond donors (Lipinski definition) is 1. The number of likely N-dealkylation sites (tertiary alicyclic amines) is 1. The van der Waals surface area contributed by atoms with Crippen molar-refractivity contribution in [3.05, 3.63) is 32.8 Å². The molecular formula is C17H20BrFN4O4. The Balaban J connectivity index is 1.95. The average molecular weight is 443 g/mol. The maximum atomic E-state index is 14.0. The van der Waals surface area contributed by atoms with E-state index in [2.05, 4.69) is 20.9 Å². The van der Waals surface area contributed by atoms with Crippen LogP contribution in [0.4, 0.5) is 9.18 Å². The molecule has 3 rings (SSSR count). The fraction of sp³-hybridized carbons (Fsp3) is 0.471. The highest BCUT2D eigenvalue weighted by atomic mass is 79.9. The molecule has 0 spiro atoms. The number of carbonyl (C=O) groups is 1. The molecule has 0 aliphatic carbocycles. The van der Waals surface area contributed by atoms with Crippen LogP contribution in [-0.4, -0.2) is 70.9 Å². The first-order chi connectivity index (χ1) is 12.8. The Kier molecular flexibility index (Phi) is 5.66. The van der Waals surface area contributed by atoms with Gasteiger partial charge < -0.3 is 24.2 Å². The van der Waals surface area contributed by atoms with Crippen molar-refractivity contribution >= 4 is 33.1 Å². The van der Waals surface area contributed by atoms with Crippen molar-refractivity contribution in [3.63, 3.8) is 0 Å². The Morgan fingerprint density at radius 3 is 2.78 bits per heavy atom. The zero-order valence-electron chi connectivity index (χ0n) is 15.0. The van der Waals surface area contributed by atoms with E-state index >= 15 is 0 Å². The van der Waals surface area contributed by atoms with Crippen LogP contribution in [0.3, 0.4) is 0 Å². The normalized spacial score (nSPS) is 14.6. The fourth-order valence-electron chi connectivity index (χ4n) is 2.91. The van der Waals surface area contributed by atoms with Crippen LogP contribution in [0.1, 0.15) is 0 Å². The van der Waals surface area contributed by atoms with E-state index in [1.165, 1.54) is 21.6 Å². The lowest BCUT2D eigenvalue weighted by atomic mass is 10.0. The summed E-state index contributed by atoms with van der Waals surface area (Å²) < 4.78 is 21.3. The highest BCUT2D eigenvalue weighted by Gasteiger charge is 2.31. The topological polar surface area (TPSA) is 87.9 Å². The molecule has 8 nitrogen and oxygen atoms in total. The van der Waals surface area contributed by atoms with Gasteiger partial charge in [0, 0.05) is 38.2 Å². The van der Waals surface area contributed by atoms with Gasteiger partial charge in [-0.25, -0.2) is 14.2 Å². The predicted octanol–water partition coefficient (Wildman–Crippen LogP) is 1.85. The van der Waals surface area contributed by atoms with Gasteiger partial charge in [0.2, 0.25) is 0 Å². The first-order valence-corrected chi connectivity index (χ1v) is 9.20.